The third-order valence-electron chi connectivity index (χ3n) is 3.28. The quantitative estimate of drug-likeness (QED) is 0.888. The molecule has 100 valence electrons. The second-order valence-corrected chi connectivity index (χ2v) is 5.75. The van der Waals surface area contributed by atoms with Crippen LogP contribution in [0.5, 0.6) is 0 Å². The first kappa shape index (κ1) is 13.8. The van der Waals surface area contributed by atoms with Crippen LogP contribution in [0.15, 0.2) is 24.3 Å². The molecule has 1 aliphatic heterocycles. The highest BCUT2D eigenvalue weighted by atomic mass is 32.2. The monoisotopic (exact) mass is 269 g/mol. The Hall–Kier alpha value is -0.580. The standard InChI is InChI=1S/C14H20FNOS/c1-17-14(11-4-6-12(15)7-5-11)9-16-13-3-2-8-18-10-13/h4-7,13-14,16H,2-3,8-10H2,1H3/t13-,14-/m0/s1. The molecule has 2 atom stereocenters. The SMILES string of the molecule is CO[C@@H](CN[C@H]1CCCSC1)c1ccc(F)cc1. The van der Waals surface area contributed by atoms with Crippen LogP contribution < -0.4 is 5.32 Å². The van der Waals surface area contributed by atoms with E-state index in [0.717, 1.165) is 12.1 Å². The van der Waals surface area contributed by atoms with Gasteiger partial charge in [0.15, 0.2) is 0 Å². The highest BCUT2D eigenvalue weighted by Crippen LogP contribution is 2.19. The second-order valence-electron chi connectivity index (χ2n) is 4.60. The molecule has 18 heavy (non-hydrogen) atoms. The predicted molar refractivity (Wildman–Crippen MR) is 74.5 cm³/mol. The molecule has 0 amide bonds. The topological polar surface area (TPSA) is 21.3 Å². The summed E-state index contributed by atoms with van der Waals surface area (Å²) < 4.78 is 18.3. The van der Waals surface area contributed by atoms with Gasteiger partial charge in [0.05, 0.1) is 6.10 Å². The van der Waals surface area contributed by atoms with Crippen molar-refractivity contribution in [1.29, 1.82) is 0 Å². The van der Waals surface area contributed by atoms with Crippen molar-refractivity contribution in [2.75, 3.05) is 25.2 Å². The van der Waals surface area contributed by atoms with E-state index in [0.29, 0.717) is 6.04 Å². The number of halogens is 1. The summed E-state index contributed by atoms with van der Waals surface area (Å²) in [4.78, 5) is 0. The summed E-state index contributed by atoms with van der Waals surface area (Å²) in [5.74, 6) is 2.26. The maximum absolute atomic E-state index is 12.9. The van der Waals surface area contributed by atoms with Crippen LogP contribution >= 0.6 is 11.8 Å². The molecule has 0 saturated carbocycles. The van der Waals surface area contributed by atoms with Crippen LogP contribution in [0.25, 0.3) is 0 Å². The second kappa shape index (κ2) is 7.12. The van der Waals surface area contributed by atoms with Gasteiger partial charge in [-0.05, 0) is 36.3 Å². The largest absolute Gasteiger partial charge is 0.375 e. The Labute approximate surface area is 112 Å². The van der Waals surface area contributed by atoms with E-state index in [1.807, 2.05) is 11.8 Å². The van der Waals surface area contributed by atoms with Gasteiger partial charge < -0.3 is 10.1 Å². The molecule has 0 unspecified atom stereocenters. The van der Waals surface area contributed by atoms with Gasteiger partial charge in [0.1, 0.15) is 5.82 Å². The van der Waals surface area contributed by atoms with Crippen molar-refractivity contribution in [3.8, 4) is 0 Å². The van der Waals surface area contributed by atoms with E-state index in [-0.39, 0.29) is 11.9 Å². The molecular formula is C14H20FNOS. The zero-order chi connectivity index (χ0) is 12.8. The van der Waals surface area contributed by atoms with Crippen LogP contribution in [0.3, 0.4) is 0 Å². The van der Waals surface area contributed by atoms with Crippen molar-refractivity contribution in [1.82, 2.24) is 5.32 Å². The first-order valence-corrected chi connectivity index (χ1v) is 7.54. The Balaban J connectivity index is 1.86. The number of rotatable bonds is 5. The van der Waals surface area contributed by atoms with Gasteiger partial charge in [0.25, 0.3) is 0 Å². The molecule has 2 nitrogen and oxygen atoms in total. The number of ether oxygens (including phenoxy) is 1. The minimum atomic E-state index is -0.203. The van der Waals surface area contributed by atoms with Crippen LogP contribution in [0.2, 0.25) is 0 Å². The van der Waals surface area contributed by atoms with Crippen molar-refractivity contribution in [3.63, 3.8) is 0 Å². The molecular weight excluding hydrogens is 249 g/mol. The number of nitrogens with one attached hydrogen (secondary N) is 1. The van der Waals surface area contributed by atoms with E-state index in [1.54, 1.807) is 19.2 Å². The molecule has 1 N–H and O–H groups in total. The van der Waals surface area contributed by atoms with E-state index >= 15 is 0 Å². The van der Waals surface area contributed by atoms with Crippen LogP contribution in [0.4, 0.5) is 4.39 Å². The number of hydrogen-bond donors (Lipinski definition) is 1. The van der Waals surface area contributed by atoms with Crippen LogP contribution in [-0.2, 0) is 4.74 Å². The highest BCUT2D eigenvalue weighted by Gasteiger charge is 2.16. The highest BCUT2D eigenvalue weighted by molar-refractivity contribution is 7.99. The molecule has 0 aromatic heterocycles. The van der Waals surface area contributed by atoms with Crippen molar-refractivity contribution < 1.29 is 9.13 Å². The van der Waals surface area contributed by atoms with Gasteiger partial charge in [-0.1, -0.05) is 12.1 Å². The van der Waals surface area contributed by atoms with Gasteiger partial charge >= 0.3 is 0 Å². The zero-order valence-electron chi connectivity index (χ0n) is 10.7. The van der Waals surface area contributed by atoms with E-state index in [2.05, 4.69) is 5.32 Å². The van der Waals surface area contributed by atoms with Crippen molar-refractivity contribution in [2.24, 2.45) is 0 Å². The summed E-state index contributed by atoms with van der Waals surface area (Å²) >= 11 is 2.01. The maximum Gasteiger partial charge on any atom is 0.123 e. The van der Waals surface area contributed by atoms with Gasteiger partial charge in [-0.2, -0.15) is 11.8 Å². The fourth-order valence-electron chi connectivity index (χ4n) is 2.19. The Morgan fingerprint density at radius 3 is 2.83 bits per heavy atom. The third-order valence-corrected chi connectivity index (χ3v) is 4.49. The summed E-state index contributed by atoms with van der Waals surface area (Å²) in [6, 6.07) is 7.14. The van der Waals surface area contributed by atoms with Crippen LogP contribution in [0, 0.1) is 5.82 Å². The predicted octanol–water partition coefficient (Wildman–Crippen LogP) is 3.00. The first-order chi connectivity index (χ1) is 8.79. The maximum atomic E-state index is 12.9. The summed E-state index contributed by atoms with van der Waals surface area (Å²) in [5.41, 5.74) is 1.02. The summed E-state index contributed by atoms with van der Waals surface area (Å²) in [5, 5.41) is 3.55. The van der Waals surface area contributed by atoms with Crippen LogP contribution in [-0.4, -0.2) is 31.2 Å². The zero-order valence-corrected chi connectivity index (χ0v) is 11.5. The molecule has 0 bridgehead atoms. The smallest absolute Gasteiger partial charge is 0.123 e. The lowest BCUT2D eigenvalue weighted by molar-refractivity contribution is 0.0996. The molecule has 0 radical (unpaired) electrons. The fraction of sp³-hybridized carbons (Fsp3) is 0.571. The summed E-state index contributed by atoms with van der Waals surface area (Å²) in [6.07, 6.45) is 2.53. The average molecular weight is 269 g/mol. The van der Waals surface area contributed by atoms with Gasteiger partial charge in [-0.15, -0.1) is 0 Å². The number of hydrogen-bond acceptors (Lipinski definition) is 3. The normalized spacial score (nSPS) is 21.8. The summed E-state index contributed by atoms with van der Waals surface area (Å²) in [6.45, 7) is 0.785. The molecule has 1 heterocycles. The Kier molecular flexibility index (Phi) is 5.47. The molecule has 2 rings (SSSR count). The van der Waals surface area contributed by atoms with Crippen molar-refractivity contribution in [3.05, 3.63) is 35.6 Å². The number of thioether (sulfide) groups is 1. The Morgan fingerprint density at radius 1 is 1.44 bits per heavy atom. The van der Waals surface area contributed by atoms with E-state index in [9.17, 15) is 4.39 Å². The fourth-order valence-corrected chi connectivity index (χ4v) is 3.30. The molecule has 1 fully saturated rings. The lowest BCUT2D eigenvalue weighted by Gasteiger charge is -2.25. The summed E-state index contributed by atoms with van der Waals surface area (Å²) in [7, 11) is 1.70. The van der Waals surface area contributed by atoms with Crippen molar-refractivity contribution >= 4 is 11.8 Å². The van der Waals surface area contributed by atoms with E-state index < -0.39 is 0 Å². The van der Waals surface area contributed by atoms with Gasteiger partial charge in [-0.3, -0.25) is 0 Å². The molecule has 1 saturated heterocycles. The molecule has 0 aliphatic carbocycles. The van der Waals surface area contributed by atoms with Gasteiger partial charge in [-0.25, -0.2) is 4.39 Å². The minimum Gasteiger partial charge on any atom is -0.375 e. The Bertz CT molecular complexity index is 351. The molecule has 1 aromatic rings. The average Bonchev–Trinajstić information content (AvgIpc) is 2.42. The van der Waals surface area contributed by atoms with Crippen molar-refractivity contribution in [2.45, 2.75) is 25.0 Å². The molecule has 1 aliphatic rings. The first-order valence-electron chi connectivity index (χ1n) is 6.39. The number of benzene rings is 1. The Morgan fingerprint density at radius 2 is 2.22 bits per heavy atom. The number of methoxy groups -OCH3 is 1. The van der Waals surface area contributed by atoms with Crippen LogP contribution in [0.1, 0.15) is 24.5 Å². The molecule has 1 aromatic carbocycles. The minimum absolute atomic E-state index is 0.00229. The lowest BCUT2D eigenvalue weighted by atomic mass is 10.1. The lowest BCUT2D eigenvalue weighted by Crippen LogP contribution is -2.36. The third kappa shape index (κ3) is 3.97. The van der Waals surface area contributed by atoms with Gasteiger partial charge in [0, 0.05) is 25.4 Å². The molecule has 4 heteroatoms. The van der Waals surface area contributed by atoms with Gasteiger partial charge in [0.2, 0.25) is 0 Å². The van der Waals surface area contributed by atoms with E-state index in [4.69, 9.17) is 4.74 Å². The molecule has 0 spiro atoms. The van der Waals surface area contributed by atoms with E-state index in [1.165, 1.54) is 36.5 Å².